The van der Waals surface area contributed by atoms with Gasteiger partial charge in [-0.15, -0.1) is 0 Å². The smallest absolute Gasteiger partial charge is 0.138 e. The number of likely N-dealkylation sites (tertiary alicyclic amines) is 1. The number of hydrogen-bond acceptors (Lipinski definition) is 3. The Morgan fingerprint density at radius 1 is 1.09 bits per heavy atom. The van der Waals surface area contributed by atoms with E-state index < -0.39 is 0 Å². The fraction of sp³-hybridized carbons (Fsp3) is 0.556. The van der Waals surface area contributed by atoms with Gasteiger partial charge in [-0.3, -0.25) is 9.47 Å². The summed E-state index contributed by atoms with van der Waals surface area (Å²) in [7, 11) is 0. The van der Waals surface area contributed by atoms with Crippen LogP contribution >= 0.6 is 0 Å². The molecule has 0 N–H and O–H groups in total. The van der Waals surface area contributed by atoms with E-state index in [1.54, 1.807) is 0 Å². The molecule has 1 unspecified atom stereocenters. The number of aromatic nitrogens is 3. The maximum absolute atomic E-state index is 4.96. The average Bonchev–Trinajstić information content (AvgIpc) is 3.28. The third-order valence-corrected chi connectivity index (χ3v) is 5.26. The molecular weight excluding hydrogens is 272 g/mol. The maximum atomic E-state index is 4.96. The van der Waals surface area contributed by atoms with E-state index >= 15 is 0 Å². The maximum Gasteiger partial charge on any atom is 0.138 e. The van der Waals surface area contributed by atoms with Gasteiger partial charge in [0.25, 0.3) is 0 Å². The minimum atomic E-state index is 0.506. The average molecular weight is 296 g/mol. The van der Waals surface area contributed by atoms with Gasteiger partial charge in [-0.1, -0.05) is 18.9 Å². The van der Waals surface area contributed by atoms with Gasteiger partial charge in [0.2, 0.25) is 0 Å². The van der Waals surface area contributed by atoms with Crippen LogP contribution in [-0.4, -0.2) is 32.0 Å². The Morgan fingerprint density at radius 2 is 1.95 bits per heavy atom. The van der Waals surface area contributed by atoms with Crippen LogP contribution in [-0.2, 0) is 0 Å². The molecule has 1 saturated heterocycles. The lowest BCUT2D eigenvalue weighted by Gasteiger charge is -2.30. The zero-order chi connectivity index (χ0) is 14.9. The zero-order valence-corrected chi connectivity index (χ0v) is 13.3. The van der Waals surface area contributed by atoms with Crippen molar-refractivity contribution in [3.8, 4) is 5.82 Å². The van der Waals surface area contributed by atoms with E-state index in [0.29, 0.717) is 6.04 Å². The summed E-state index contributed by atoms with van der Waals surface area (Å²) in [5.74, 6) is 1.98. The van der Waals surface area contributed by atoms with Crippen molar-refractivity contribution in [2.45, 2.75) is 57.5 Å². The van der Waals surface area contributed by atoms with E-state index in [1.165, 1.54) is 50.8 Å². The Kier molecular flexibility index (Phi) is 3.70. The quantitative estimate of drug-likeness (QED) is 0.867. The normalized spacial score (nSPS) is 23.4. The number of aryl methyl sites for hydroxylation is 1. The van der Waals surface area contributed by atoms with Gasteiger partial charge in [0.1, 0.15) is 11.6 Å². The highest BCUT2D eigenvalue weighted by Crippen LogP contribution is 2.37. The molecule has 116 valence electrons. The highest BCUT2D eigenvalue weighted by molar-refractivity contribution is 5.28. The molecule has 1 atom stereocenters. The Bertz CT molecular complexity index is 642. The summed E-state index contributed by atoms with van der Waals surface area (Å²) in [5.41, 5.74) is 1.23. The van der Waals surface area contributed by atoms with Gasteiger partial charge in [0.15, 0.2) is 0 Å². The predicted molar refractivity (Wildman–Crippen MR) is 87.0 cm³/mol. The van der Waals surface area contributed by atoms with Gasteiger partial charge in [-0.25, -0.2) is 9.97 Å². The predicted octanol–water partition coefficient (Wildman–Crippen LogP) is 3.66. The Balaban J connectivity index is 1.63. The first-order valence-corrected chi connectivity index (χ1v) is 8.56. The van der Waals surface area contributed by atoms with E-state index in [0.717, 1.165) is 17.7 Å². The van der Waals surface area contributed by atoms with Crippen LogP contribution < -0.4 is 0 Å². The van der Waals surface area contributed by atoms with Crippen molar-refractivity contribution in [3.05, 3.63) is 42.1 Å². The largest absolute Gasteiger partial charge is 0.292 e. The second-order valence-electron chi connectivity index (χ2n) is 6.60. The molecule has 1 saturated carbocycles. The summed E-state index contributed by atoms with van der Waals surface area (Å²) in [5, 5.41) is 0. The molecule has 2 aromatic heterocycles. The molecule has 0 aromatic carbocycles. The Labute approximate surface area is 132 Å². The summed E-state index contributed by atoms with van der Waals surface area (Å²) in [4.78, 5) is 12.0. The fourth-order valence-corrected chi connectivity index (χ4v) is 4.16. The van der Waals surface area contributed by atoms with Crippen LogP contribution in [0.3, 0.4) is 0 Å². The second-order valence-corrected chi connectivity index (χ2v) is 6.60. The molecule has 4 rings (SSSR count). The molecule has 0 spiro atoms. The Hall–Kier alpha value is -1.68. The fourth-order valence-electron chi connectivity index (χ4n) is 4.16. The molecule has 22 heavy (non-hydrogen) atoms. The molecule has 3 heterocycles. The number of pyridine rings is 1. The molecule has 0 radical (unpaired) electrons. The van der Waals surface area contributed by atoms with Crippen LogP contribution in [0.15, 0.2) is 30.6 Å². The number of nitrogens with zero attached hydrogens (tertiary/aromatic N) is 4. The molecule has 4 heteroatoms. The number of rotatable bonds is 3. The molecule has 0 bridgehead atoms. The van der Waals surface area contributed by atoms with Crippen LogP contribution in [0, 0.1) is 6.92 Å². The topological polar surface area (TPSA) is 34.0 Å². The van der Waals surface area contributed by atoms with Crippen LogP contribution in [0.4, 0.5) is 0 Å². The molecule has 1 aliphatic heterocycles. The van der Waals surface area contributed by atoms with E-state index in [1.807, 2.05) is 19.3 Å². The minimum absolute atomic E-state index is 0.506. The summed E-state index contributed by atoms with van der Waals surface area (Å²) >= 11 is 0. The SMILES string of the molecule is Cc1nccn1-c1cccc(C2CCCN2C2CCCC2)n1. The highest BCUT2D eigenvalue weighted by Gasteiger charge is 2.33. The summed E-state index contributed by atoms with van der Waals surface area (Å²) < 4.78 is 2.07. The first-order chi connectivity index (χ1) is 10.8. The van der Waals surface area contributed by atoms with Crippen LogP contribution in [0.25, 0.3) is 5.82 Å². The lowest BCUT2D eigenvalue weighted by molar-refractivity contribution is 0.180. The van der Waals surface area contributed by atoms with E-state index in [2.05, 4.69) is 32.7 Å². The molecule has 1 aliphatic carbocycles. The third-order valence-electron chi connectivity index (χ3n) is 5.26. The van der Waals surface area contributed by atoms with Crippen LogP contribution in [0.5, 0.6) is 0 Å². The number of imidazole rings is 1. The van der Waals surface area contributed by atoms with Crippen molar-refractivity contribution in [2.24, 2.45) is 0 Å². The number of hydrogen-bond donors (Lipinski definition) is 0. The van der Waals surface area contributed by atoms with Gasteiger partial charge in [0, 0.05) is 18.4 Å². The highest BCUT2D eigenvalue weighted by atomic mass is 15.2. The lowest BCUT2D eigenvalue weighted by atomic mass is 10.1. The minimum Gasteiger partial charge on any atom is -0.292 e. The molecule has 4 nitrogen and oxygen atoms in total. The van der Waals surface area contributed by atoms with Crippen molar-refractivity contribution in [1.82, 2.24) is 19.4 Å². The van der Waals surface area contributed by atoms with Crippen molar-refractivity contribution in [1.29, 1.82) is 0 Å². The van der Waals surface area contributed by atoms with E-state index in [-0.39, 0.29) is 0 Å². The molecule has 2 aromatic rings. The zero-order valence-electron chi connectivity index (χ0n) is 13.3. The Morgan fingerprint density at radius 3 is 2.73 bits per heavy atom. The standard InChI is InChI=1S/C18H24N4/c1-14-19-11-13-21(14)18-10-4-8-16(20-18)17-9-5-12-22(17)15-6-2-3-7-15/h4,8,10-11,13,15,17H,2-3,5-7,9,12H2,1H3. The monoisotopic (exact) mass is 296 g/mol. The van der Waals surface area contributed by atoms with E-state index in [4.69, 9.17) is 4.98 Å². The molecule has 2 fully saturated rings. The lowest BCUT2D eigenvalue weighted by Crippen LogP contribution is -2.33. The van der Waals surface area contributed by atoms with Gasteiger partial charge in [-0.2, -0.15) is 0 Å². The summed E-state index contributed by atoms with van der Waals surface area (Å²) in [6.45, 7) is 3.26. The second kappa shape index (κ2) is 5.84. The van der Waals surface area contributed by atoms with Crippen molar-refractivity contribution in [2.75, 3.05) is 6.54 Å². The van der Waals surface area contributed by atoms with Crippen molar-refractivity contribution >= 4 is 0 Å². The van der Waals surface area contributed by atoms with Crippen molar-refractivity contribution in [3.63, 3.8) is 0 Å². The summed E-state index contributed by atoms with van der Waals surface area (Å²) in [6.07, 6.45) is 11.9. The first kappa shape index (κ1) is 13.9. The van der Waals surface area contributed by atoms with Gasteiger partial charge in [0.05, 0.1) is 11.7 Å². The molecular formula is C18H24N4. The molecule has 0 amide bonds. The van der Waals surface area contributed by atoms with E-state index in [9.17, 15) is 0 Å². The van der Waals surface area contributed by atoms with Crippen LogP contribution in [0.2, 0.25) is 0 Å². The van der Waals surface area contributed by atoms with Gasteiger partial charge < -0.3 is 0 Å². The van der Waals surface area contributed by atoms with Gasteiger partial charge in [-0.05, 0) is 51.3 Å². The first-order valence-electron chi connectivity index (χ1n) is 8.56. The summed E-state index contributed by atoms with van der Waals surface area (Å²) in [6, 6.07) is 7.71. The van der Waals surface area contributed by atoms with Gasteiger partial charge >= 0.3 is 0 Å². The van der Waals surface area contributed by atoms with Crippen LogP contribution in [0.1, 0.15) is 56.1 Å². The molecule has 2 aliphatic rings. The third kappa shape index (κ3) is 2.45. The van der Waals surface area contributed by atoms with Crippen molar-refractivity contribution < 1.29 is 0 Å².